The summed E-state index contributed by atoms with van der Waals surface area (Å²) < 4.78 is 0. The van der Waals surface area contributed by atoms with Gasteiger partial charge in [0.2, 0.25) is 0 Å². The quantitative estimate of drug-likeness (QED) is 0.838. The Morgan fingerprint density at radius 2 is 2.19 bits per heavy atom. The second-order valence-corrected chi connectivity index (χ2v) is 4.71. The minimum absolute atomic E-state index is 0.239. The van der Waals surface area contributed by atoms with E-state index in [4.69, 9.17) is 16.7 Å². The number of hydrogen-bond acceptors (Lipinski definition) is 3. The molecule has 0 saturated carbocycles. The molecule has 0 fully saturated rings. The number of pyridine rings is 1. The summed E-state index contributed by atoms with van der Waals surface area (Å²) in [5.74, 6) is 5.22. The molecule has 1 heterocycles. The van der Waals surface area contributed by atoms with Crippen molar-refractivity contribution in [2.75, 3.05) is 11.9 Å². The van der Waals surface area contributed by atoms with Crippen molar-refractivity contribution in [2.24, 2.45) is 0 Å². The number of aryl methyl sites for hydroxylation is 1. The molecular formula is C16H13ClN2O2. The number of aliphatic hydroxyl groups excluding tert-OH is 1. The van der Waals surface area contributed by atoms with Gasteiger partial charge in [-0.1, -0.05) is 29.7 Å². The Kier molecular flexibility index (Phi) is 4.94. The van der Waals surface area contributed by atoms with E-state index in [1.165, 1.54) is 0 Å². The van der Waals surface area contributed by atoms with Crippen LogP contribution in [0.5, 0.6) is 0 Å². The van der Waals surface area contributed by atoms with Crippen molar-refractivity contribution in [3.05, 3.63) is 58.2 Å². The highest BCUT2D eigenvalue weighted by Gasteiger charge is 2.11. The van der Waals surface area contributed by atoms with Gasteiger partial charge in [0.25, 0.3) is 5.91 Å². The molecule has 2 rings (SSSR count). The molecule has 2 aromatic rings. The Morgan fingerprint density at radius 1 is 1.38 bits per heavy atom. The average molecular weight is 301 g/mol. The lowest BCUT2D eigenvalue weighted by atomic mass is 10.1. The average Bonchev–Trinajstić information content (AvgIpc) is 2.45. The maximum Gasteiger partial charge on any atom is 0.258 e. The van der Waals surface area contributed by atoms with Crippen LogP contribution < -0.4 is 5.32 Å². The fourth-order valence-corrected chi connectivity index (χ4v) is 2.01. The van der Waals surface area contributed by atoms with E-state index in [-0.39, 0.29) is 12.5 Å². The van der Waals surface area contributed by atoms with Gasteiger partial charge >= 0.3 is 0 Å². The Balaban J connectivity index is 2.19. The zero-order chi connectivity index (χ0) is 15.2. The highest BCUT2D eigenvalue weighted by molar-refractivity contribution is 6.34. The van der Waals surface area contributed by atoms with Gasteiger partial charge in [0, 0.05) is 0 Å². The Morgan fingerprint density at radius 3 is 2.90 bits per heavy atom. The molecule has 0 aliphatic carbocycles. The number of aromatic nitrogens is 1. The van der Waals surface area contributed by atoms with E-state index in [2.05, 4.69) is 22.1 Å². The van der Waals surface area contributed by atoms with E-state index in [1.54, 1.807) is 30.3 Å². The van der Waals surface area contributed by atoms with E-state index >= 15 is 0 Å². The topological polar surface area (TPSA) is 62.2 Å². The van der Waals surface area contributed by atoms with Crippen molar-refractivity contribution < 1.29 is 9.90 Å². The minimum Gasteiger partial charge on any atom is -0.384 e. The second-order valence-electron chi connectivity index (χ2n) is 4.31. The monoisotopic (exact) mass is 300 g/mol. The smallest absolute Gasteiger partial charge is 0.258 e. The van der Waals surface area contributed by atoms with Crippen LogP contribution >= 0.6 is 11.6 Å². The fraction of sp³-hybridized carbons (Fsp3) is 0.125. The van der Waals surface area contributed by atoms with Gasteiger partial charge in [-0.05, 0) is 42.7 Å². The molecule has 106 valence electrons. The van der Waals surface area contributed by atoms with Crippen LogP contribution in [0.15, 0.2) is 36.4 Å². The predicted molar refractivity (Wildman–Crippen MR) is 82.3 cm³/mol. The number of halogens is 1. The van der Waals surface area contributed by atoms with Gasteiger partial charge in [0.05, 0.1) is 10.6 Å². The number of rotatable bonds is 2. The van der Waals surface area contributed by atoms with Crippen LogP contribution in [0.25, 0.3) is 0 Å². The lowest BCUT2D eigenvalue weighted by Crippen LogP contribution is -2.13. The summed E-state index contributed by atoms with van der Waals surface area (Å²) in [7, 11) is 0. The van der Waals surface area contributed by atoms with E-state index in [0.717, 1.165) is 5.56 Å². The maximum absolute atomic E-state index is 12.2. The second kappa shape index (κ2) is 6.89. The highest BCUT2D eigenvalue weighted by atomic mass is 35.5. The van der Waals surface area contributed by atoms with E-state index in [9.17, 15) is 4.79 Å². The molecule has 0 saturated heterocycles. The maximum atomic E-state index is 12.2. The Bertz CT molecular complexity index is 733. The zero-order valence-corrected chi connectivity index (χ0v) is 12.1. The number of benzene rings is 1. The molecule has 0 radical (unpaired) electrons. The van der Waals surface area contributed by atoms with Crippen molar-refractivity contribution in [1.82, 2.24) is 4.98 Å². The number of amides is 1. The van der Waals surface area contributed by atoms with Gasteiger partial charge in [0.15, 0.2) is 0 Å². The summed E-state index contributed by atoms with van der Waals surface area (Å²) >= 11 is 6.06. The number of aliphatic hydroxyl groups is 1. The highest BCUT2D eigenvalue weighted by Crippen LogP contribution is 2.18. The molecule has 0 unspecified atom stereocenters. The standard InChI is InChI=1S/C16H13ClN2O2/c1-11-7-8-13(14(17)10-11)16(21)19-15-6-2-4-12(18-15)5-3-9-20/h2,4,6-8,10,20H,9H2,1H3,(H,18,19,21). The van der Waals surface area contributed by atoms with Gasteiger partial charge in [-0.25, -0.2) is 4.98 Å². The van der Waals surface area contributed by atoms with Gasteiger partial charge in [-0.3, -0.25) is 4.79 Å². The third-order valence-corrected chi connectivity index (χ3v) is 2.97. The molecule has 2 N–H and O–H groups in total. The van der Waals surface area contributed by atoms with Crippen LogP contribution in [-0.4, -0.2) is 22.6 Å². The predicted octanol–water partition coefficient (Wildman–Crippen LogP) is 2.64. The first-order valence-electron chi connectivity index (χ1n) is 6.24. The van der Waals surface area contributed by atoms with E-state index < -0.39 is 0 Å². The molecule has 1 aromatic heterocycles. The van der Waals surface area contributed by atoms with Gasteiger partial charge in [-0.15, -0.1) is 0 Å². The van der Waals surface area contributed by atoms with Crippen LogP contribution in [0, 0.1) is 18.8 Å². The molecule has 1 amide bonds. The van der Waals surface area contributed by atoms with Gasteiger partial charge in [-0.2, -0.15) is 0 Å². The lowest BCUT2D eigenvalue weighted by molar-refractivity contribution is 0.102. The summed E-state index contributed by atoms with van der Waals surface area (Å²) in [4.78, 5) is 16.3. The number of anilines is 1. The molecule has 5 heteroatoms. The number of hydrogen-bond donors (Lipinski definition) is 2. The molecule has 0 bridgehead atoms. The molecule has 0 aliphatic heterocycles. The SMILES string of the molecule is Cc1ccc(C(=O)Nc2cccc(C#CCO)n2)c(Cl)c1. The van der Waals surface area contributed by atoms with Crippen LogP contribution in [-0.2, 0) is 0 Å². The van der Waals surface area contributed by atoms with Crippen molar-refractivity contribution in [1.29, 1.82) is 0 Å². The van der Waals surface area contributed by atoms with E-state index in [1.807, 2.05) is 13.0 Å². The number of carbonyl (C=O) groups excluding carboxylic acids is 1. The summed E-state index contributed by atoms with van der Waals surface area (Å²) in [5.41, 5.74) is 1.84. The third kappa shape index (κ3) is 4.06. The molecule has 21 heavy (non-hydrogen) atoms. The molecular weight excluding hydrogens is 288 g/mol. The normalized spacial score (nSPS) is 9.67. The van der Waals surface area contributed by atoms with Crippen molar-refractivity contribution in [3.8, 4) is 11.8 Å². The first-order chi connectivity index (χ1) is 10.1. The summed E-state index contributed by atoms with van der Waals surface area (Å²) in [6.45, 7) is 1.66. The fourth-order valence-electron chi connectivity index (χ4n) is 1.69. The molecule has 0 aliphatic rings. The molecule has 1 aromatic carbocycles. The number of nitrogens with zero attached hydrogens (tertiary/aromatic N) is 1. The molecule has 0 atom stereocenters. The zero-order valence-electron chi connectivity index (χ0n) is 11.4. The van der Waals surface area contributed by atoms with Crippen molar-refractivity contribution in [3.63, 3.8) is 0 Å². The third-order valence-electron chi connectivity index (χ3n) is 2.66. The van der Waals surface area contributed by atoms with Gasteiger partial charge in [0.1, 0.15) is 18.1 Å². The molecule has 4 nitrogen and oxygen atoms in total. The minimum atomic E-state index is -0.334. The van der Waals surface area contributed by atoms with Crippen LogP contribution in [0.2, 0.25) is 5.02 Å². The lowest BCUT2D eigenvalue weighted by Gasteiger charge is -2.07. The summed E-state index contributed by atoms with van der Waals surface area (Å²) in [6, 6.07) is 10.3. The largest absolute Gasteiger partial charge is 0.384 e. The van der Waals surface area contributed by atoms with Crippen molar-refractivity contribution >= 4 is 23.3 Å². The summed E-state index contributed by atoms with van der Waals surface area (Å²) in [6.07, 6.45) is 0. The van der Waals surface area contributed by atoms with Crippen LogP contribution in [0.1, 0.15) is 21.6 Å². The summed E-state index contributed by atoms with van der Waals surface area (Å²) in [5, 5.41) is 11.7. The Labute approximate surface area is 127 Å². The Hall–Kier alpha value is -2.35. The number of nitrogens with one attached hydrogen (secondary N) is 1. The van der Waals surface area contributed by atoms with Crippen LogP contribution in [0.4, 0.5) is 5.82 Å². The van der Waals surface area contributed by atoms with E-state index in [0.29, 0.717) is 22.1 Å². The first-order valence-corrected chi connectivity index (χ1v) is 6.62. The van der Waals surface area contributed by atoms with Crippen LogP contribution in [0.3, 0.4) is 0 Å². The number of carbonyl (C=O) groups is 1. The first kappa shape index (κ1) is 15.0. The van der Waals surface area contributed by atoms with Crippen molar-refractivity contribution in [2.45, 2.75) is 6.92 Å². The van der Waals surface area contributed by atoms with Gasteiger partial charge < -0.3 is 10.4 Å². The molecule has 0 spiro atoms.